The third-order valence-electron chi connectivity index (χ3n) is 2.31. The summed E-state index contributed by atoms with van der Waals surface area (Å²) >= 11 is 0. The molecule has 0 saturated carbocycles. The first-order valence-corrected chi connectivity index (χ1v) is 5.90. The second kappa shape index (κ2) is 8.73. The molecule has 1 aromatic carbocycles. The van der Waals surface area contributed by atoms with Crippen molar-refractivity contribution < 1.29 is 4.79 Å². The number of benzene rings is 1. The van der Waals surface area contributed by atoms with Crippen molar-refractivity contribution >= 4 is 35.8 Å². The molecular weight excluding hydrogens is 355 g/mol. The molecule has 106 valence electrons. The van der Waals surface area contributed by atoms with Crippen LogP contribution in [-0.2, 0) is 6.54 Å². The van der Waals surface area contributed by atoms with Crippen LogP contribution in [0.25, 0.3) is 0 Å². The van der Waals surface area contributed by atoms with Gasteiger partial charge in [0.05, 0.1) is 6.54 Å². The zero-order chi connectivity index (χ0) is 13.5. The van der Waals surface area contributed by atoms with Gasteiger partial charge in [0.2, 0.25) is 0 Å². The van der Waals surface area contributed by atoms with E-state index in [9.17, 15) is 4.79 Å². The van der Waals surface area contributed by atoms with Crippen LogP contribution in [0.1, 0.15) is 29.8 Å². The molecule has 6 heteroatoms. The van der Waals surface area contributed by atoms with Crippen LogP contribution in [0.4, 0.5) is 0 Å². The number of nitrogens with zero attached hydrogens (tertiary/aromatic N) is 1. The van der Waals surface area contributed by atoms with Gasteiger partial charge in [-0.2, -0.15) is 0 Å². The van der Waals surface area contributed by atoms with Crippen molar-refractivity contribution in [2.75, 3.05) is 7.05 Å². The summed E-state index contributed by atoms with van der Waals surface area (Å²) in [6.07, 6.45) is 0. The number of carbonyl (C=O) groups excluding carboxylic acids is 1. The van der Waals surface area contributed by atoms with Crippen molar-refractivity contribution in [1.82, 2.24) is 10.6 Å². The molecule has 0 aliphatic carbocycles. The number of carbonyl (C=O) groups is 1. The van der Waals surface area contributed by atoms with Crippen LogP contribution >= 0.6 is 24.0 Å². The third-order valence-corrected chi connectivity index (χ3v) is 2.31. The number of hydrogen-bond donors (Lipinski definition) is 3. The Balaban J connectivity index is 0.00000324. The van der Waals surface area contributed by atoms with Crippen LogP contribution in [0.5, 0.6) is 0 Å². The fourth-order valence-electron chi connectivity index (χ4n) is 1.42. The molecule has 1 rings (SSSR count). The average Bonchev–Trinajstić information content (AvgIpc) is 2.35. The topological polar surface area (TPSA) is 79.5 Å². The molecule has 0 fully saturated rings. The summed E-state index contributed by atoms with van der Waals surface area (Å²) in [5, 5.41) is 5.59. The lowest BCUT2D eigenvalue weighted by molar-refractivity contribution is 0.0963. The molecule has 1 aromatic rings. The van der Waals surface area contributed by atoms with E-state index in [0.717, 1.165) is 5.56 Å². The first kappa shape index (κ1) is 17.7. The van der Waals surface area contributed by atoms with E-state index in [-0.39, 0.29) is 35.9 Å². The van der Waals surface area contributed by atoms with E-state index in [2.05, 4.69) is 15.6 Å². The summed E-state index contributed by atoms with van der Waals surface area (Å²) in [6, 6.07) is 7.56. The summed E-state index contributed by atoms with van der Waals surface area (Å²) in [5.74, 6) is 0.339. The van der Waals surface area contributed by atoms with Gasteiger partial charge in [-0.25, -0.2) is 4.99 Å². The Morgan fingerprint density at radius 3 is 2.37 bits per heavy atom. The molecule has 0 spiro atoms. The lowest BCUT2D eigenvalue weighted by Crippen LogP contribution is -2.36. The third kappa shape index (κ3) is 6.42. The molecule has 0 aromatic heterocycles. The standard InChI is InChI=1S/C13H20N4O.HI/c1-9(2)17-13(14)16-8-10-4-6-11(7-5-10)12(18)15-3;/h4-7,9H,8H2,1-3H3,(H,15,18)(H3,14,16,17);1H. The van der Waals surface area contributed by atoms with Crippen molar-refractivity contribution in [2.24, 2.45) is 10.7 Å². The minimum Gasteiger partial charge on any atom is -0.370 e. The number of hydrogen-bond acceptors (Lipinski definition) is 2. The van der Waals surface area contributed by atoms with Crippen LogP contribution in [0.2, 0.25) is 0 Å². The van der Waals surface area contributed by atoms with Crippen LogP contribution in [0.15, 0.2) is 29.3 Å². The summed E-state index contributed by atoms with van der Waals surface area (Å²) in [5.41, 5.74) is 7.34. The first-order chi connectivity index (χ1) is 8.52. The Morgan fingerprint density at radius 1 is 1.32 bits per heavy atom. The van der Waals surface area contributed by atoms with Gasteiger partial charge in [0.15, 0.2) is 5.96 Å². The number of aliphatic imine (C=N–C) groups is 1. The fourth-order valence-corrected chi connectivity index (χ4v) is 1.42. The molecule has 0 bridgehead atoms. The Kier molecular flexibility index (Phi) is 8.13. The highest BCUT2D eigenvalue weighted by Crippen LogP contribution is 2.05. The largest absolute Gasteiger partial charge is 0.370 e. The van der Waals surface area contributed by atoms with Gasteiger partial charge in [0, 0.05) is 18.7 Å². The fraction of sp³-hybridized carbons (Fsp3) is 0.385. The smallest absolute Gasteiger partial charge is 0.251 e. The van der Waals surface area contributed by atoms with E-state index >= 15 is 0 Å². The maximum atomic E-state index is 11.3. The van der Waals surface area contributed by atoms with E-state index in [4.69, 9.17) is 5.73 Å². The number of nitrogens with two attached hydrogens (primary N) is 1. The van der Waals surface area contributed by atoms with Crippen molar-refractivity contribution in [3.8, 4) is 0 Å². The Morgan fingerprint density at radius 2 is 1.89 bits per heavy atom. The van der Waals surface area contributed by atoms with Crippen molar-refractivity contribution in [1.29, 1.82) is 0 Å². The van der Waals surface area contributed by atoms with Crippen LogP contribution in [-0.4, -0.2) is 25.0 Å². The molecule has 0 aliphatic heterocycles. The summed E-state index contributed by atoms with van der Waals surface area (Å²) in [7, 11) is 1.61. The van der Waals surface area contributed by atoms with E-state index in [1.165, 1.54) is 0 Å². The normalized spacial score (nSPS) is 10.8. The van der Waals surface area contributed by atoms with Crippen LogP contribution in [0, 0.1) is 0 Å². The zero-order valence-corrected chi connectivity index (χ0v) is 13.8. The summed E-state index contributed by atoms with van der Waals surface area (Å²) in [4.78, 5) is 15.6. The predicted octanol–water partition coefficient (Wildman–Crippen LogP) is 1.48. The Hall–Kier alpha value is -1.31. The highest BCUT2D eigenvalue weighted by atomic mass is 127. The van der Waals surface area contributed by atoms with Gasteiger partial charge in [-0.05, 0) is 31.5 Å². The molecule has 5 nitrogen and oxygen atoms in total. The molecule has 4 N–H and O–H groups in total. The maximum Gasteiger partial charge on any atom is 0.251 e. The average molecular weight is 376 g/mol. The minimum atomic E-state index is -0.0916. The maximum absolute atomic E-state index is 11.3. The van der Waals surface area contributed by atoms with E-state index in [1.54, 1.807) is 19.2 Å². The van der Waals surface area contributed by atoms with Gasteiger partial charge in [-0.15, -0.1) is 24.0 Å². The summed E-state index contributed by atoms with van der Waals surface area (Å²) < 4.78 is 0. The predicted molar refractivity (Wildman–Crippen MR) is 88.8 cm³/mol. The van der Waals surface area contributed by atoms with Gasteiger partial charge in [-0.3, -0.25) is 4.79 Å². The molecule has 19 heavy (non-hydrogen) atoms. The Labute approximate surface area is 131 Å². The monoisotopic (exact) mass is 376 g/mol. The Bertz CT molecular complexity index is 429. The van der Waals surface area contributed by atoms with Crippen LogP contribution < -0.4 is 16.4 Å². The van der Waals surface area contributed by atoms with E-state index in [0.29, 0.717) is 18.1 Å². The van der Waals surface area contributed by atoms with Crippen molar-refractivity contribution in [2.45, 2.75) is 26.4 Å². The lowest BCUT2D eigenvalue weighted by Gasteiger charge is -2.08. The quantitative estimate of drug-likeness (QED) is 0.423. The second-order valence-electron chi connectivity index (χ2n) is 4.28. The van der Waals surface area contributed by atoms with Gasteiger partial charge in [0.25, 0.3) is 5.91 Å². The molecule has 0 aliphatic rings. The van der Waals surface area contributed by atoms with Gasteiger partial charge >= 0.3 is 0 Å². The molecule has 0 saturated heterocycles. The highest BCUT2D eigenvalue weighted by Gasteiger charge is 2.02. The number of amides is 1. The van der Waals surface area contributed by atoms with Crippen molar-refractivity contribution in [3.63, 3.8) is 0 Å². The molecular formula is C13H21IN4O. The van der Waals surface area contributed by atoms with Crippen molar-refractivity contribution in [3.05, 3.63) is 35.4 Å². The molecule has 0 unspecified atom stereocenters. The number of nitrogens with one attached hydrogen (secondary N) is 2. The number of rotatable bonds is 4. The van der Waals surface area contributed by atoms with E-state index < -0.39 is 0 Å². The zero-order valence-electron chi connectivity index (χ0n) is 11.4. The second-order valence-corrected chi connectivity index (χ2v) is 4.28. The van der Waals surface area contributed by atoms with Gasteiger partial charge in [-0.1, -0.05) is 12.1 Å². The number of guanidine groups is 1. The highest BCUT2D eigenvalue weighted by molar-refractivity contribution is 14.0. The summed E-state index contributed by atoms with van der Waals surface area (Å²) in [6.45, 7) is 4.50. The SMILES string of the molecule is CNC(=O)c1ccc(CN=C(N)NC(C)C)cc1.I. The molecule has 1 amide bonds. The number of halogens is 1. The lowest BCUT2D eigenvalue weighted by atomic mass is 10.1. The minimum absolute atomic E-state index is 0. The van der Waals surface area contributed by atoms with Gasteiger partial charge in [0.1, 0.15) is 0 Å². The first-order valence-electron chi connectivity index (χ1n) is 5.90. The van der Waals surface area contributed by atoms with E-state index in [1.807, 2.05) is 26.0 Å². The van der Waals surface area contributed by atoms with Gasteiger partial charge < -0.3 is 16.4 Å². The molecule has 0 heterocycles. The molecule has 0 atom stereocenters. The molecule has 0 radical (unpaired) electrons. The van der Waals surface area contributed by atoms with Crippen LogP contribution in [0.3, 0.4) is 0 Å².